The van der Waals surface area contributed by atoms with E-state index in [1.807, 2.05) is 6.07 Å². The zero-order chi connectivity index (χ0) is 12.3. The van der Waals surface area contributed by atoms with Gasteiger partial charge in [-0.25, -0.2) is 17.6 Å². The van der Waals surface area contributed by atoms with Crippen molar-refractivity contribution < 1.29 is 17.6 Å². The molecule has 0 aliphatic carbocycles. The summed E-state index contributed by atoms with van der Waals surface area (Å²) < 4.78 is 51.6. The van der Waals surface area contributed by atoms with Crippen molar-refractivity contribution in [3.8, 4) is 6.07 Å². The molecule has 1 atom stereocenters. The molecule has 0 aromatic heterocycles. The lowest BCUT2D eigenvalue weighted by Crippen LogP contribution is -2.13. The molecular formula is C10H8F4N2. The lowest BCUT2D eigenvalue weighted by molar-refractivity contribution is 0.457. The van der Waals surface area contributed by atoms with Gasteiger partial charge in [-0.2, -0.15) is 5.26 Å². The number of halogens is 4. The molecule has 2 nitrogen and oxygen atoms in total. The van der Waals surface area contributed by atoms with Crippen LogP contribution in [-0.4, -0.2) is 6.54 Å². The number of hydrogen-bond acceptors (Lipinski definition) is 2. The van der Waals surface area contributed by atoms with Crippen LogP contribution >= 0.6 is 0 Å². The highest BCUT2D eigenvalue weighted by Gasteiger charge is 2.19. The van der Waals surface area contributed by atoms with Gasteiger partial charge in [0, 0.05) is 12.6 Å². The normalized spacial score (nSPS) is 12.0. The quantitative estimate of drug-likeness (QED) is 0.642. The maximum atomic E-state index is 13.1. The molecule has 0 heterocycles. The maximum absolute atomic E-state index is 13.1. The first-order chi connectivity index (χ1) is 7.47. The average molecular weight is 232 g/mol. The number of hydrogen-bond donors (Lipinski definition) is 1. The summed E-state index contributed by atoms with van der Waals surface area (Å²) in [6.07, 6.45) is 0. The molecule has 16 heavy (non-hydrogen) atoms. The van der Waals surface area contributed by atoms with Crippen molar-refractivity contribution in [2.24, 2.45) is 5.92 Å². The molecule has 86 valence electrons. The molecule has 0 saturated heterocycles. The average Bonchev–Trinajstić information content (AvgIpc) is 2.26. The van der Waals surface area contributed by atoms with Crippen LogP contribution in [0.1, 0.15) is 6.92 Å². The molecule has 0 fully saturated rings. The van der Waals surface area contributed by atoms with E-state index in [2.05, 4.69) is 5.32 Å². The molecule has 1 N–H and O–H groups in total. The van der Waals surface area contributed by atoms with Crippen LogP contribution in [-0.2, 0) is 0 Å². The van der Waals surface area contributed by atoms with Crippen LogP contribution in [0.4, 0.5) is 23.2 Å². The van der Waals surface area contributed by atoms with Crippen molar-refractivity contribution in [2.75, 3.05) is 11.9 Å². The topological polar surface area (TPSA) is 35.8 Å². The van der Waals surface area contributed by atoms with Crippen molar-refractivity contribution >= 4 is 5.69 Å². The minimum Gasteiger partial charge on any atom is -0.379 e. The van der Waals surface area contributed by atoms with E-state index in [0.717, 1.165) is 0 Å². The second kappa shape index (κ2) is 4.84. The van der Waals surface area contributed by atoms with Crippen molar-refractivity contribution in [1.82, 2.24) is 0 Å². The van der Waals surface area contributed by atoms with Crippen LogP contribution in [0.15, 0.2) is 6.07 Å². The monoisotopic (exact) mass is 232 g/mol. The fourth-order valence-corrected chi connectivity index (χ4v) is 1.03. The summed E-state index contributed by atoms with van der Waals surface area (Å²) in [5.74, 6) is -6.49. The standard InChI is InChI=1S/C10H8F4N2/c1-5(3-15)4-16-10-8(13)6(11)2-7(12)9(10)14/h2,5,16H,4H2,1H3. The number of anilines is 1. The summed E-state index contributed by atoms with van der Waals surface area (Å²) in [6.45, 7) is 1.39. The summed E-state index contributed by atoms with van der Waals surface area (Å²) >= 11 is 0. The lowest BCUT2D eigenvalue weighted by atomic mass is 10.2. The second-order valence-corrected chi connectivity index (χ2v) is 3.25. The van der Waals surface area contributed by atoms with Crippen molar-refractivity contribution in [2.45, 2.75) is 6.92 Å². The SMILES string of the molecule is CC(C#N)CNc1c(F)c(F)cc(F)c1F. The largest absolute Gasteiger partial charge is 0.379 e. The molecule has 0 bridgehead atoms. The predicted molar refractivity (Wildman–Crippen MR) is 49.5 cm³/mol. The Morgan fingerprint density at radius 2 is 1.75 bits per heavy atom. The summed E-state index contributed by atoms with van der Waals surface area (Å²) in [4.78, 5) is 0. The van der Waals surface area contributed by atoms with E-state index in [-0.39, 0.29) is 12.6 Å². The molecule has 0 aliphatic heterocycles. The minimum atomic E-state index is -1.50. The molecule has 0 saturated carbocycles. The van der Waals surface area contributed by atoms with Gasteiger partial charge in [-0.05, 0) is 6.92 Å². The summed E-state index contributed by atoms with van der Waals surface area (Å²) in [5, 5.41) is 10.6. The minimum absolute atomic E-state index is 0.104. The first kappa shape index (κ1) is 12.3. The molecule has 0 radical (unpaired) electrons. The predicted octanol–water partition coefficient (Wildman–Crippen LogP) is 2.81. The van der Waals surface area contributed by atoms with E-state index in [4.69, 9.17) is 5.26 Å². The molecule has 0 spiro atoms. The van der Waals surface area contributed by atoms with Crippen LogP contribution in [0.25, 0.3) is 0 Å². The first-order valence-corrected chi connectivity index (χ1v) is 4.43. The fraction of sp³-hybridized carbons (Fsp3) is 0.300. The number of nitrogens with one attached hydrogen (secondary N) is 1. The Morgan fingerprint density at radius 3 is 2.19 bits per heavy atom. The van der Waals surface area contributed by atoms with E-state index < -0.39 is 34.9 Å². The molecular weight excluding hydrogens is 224 g/mol. The second-order valence-electron chi connectivity index (χ2n) is 3.25. The Hall–Kier alpha value is -1.77. The Morgan fingerprint density at radius 1 is 1.25 bits per heavy atom. The van der Waals surface area contributed by atoms with Gasteiger partial charge >= 0.3 is 0 Å². The number of benzene rings is 1. The van der Waals surface area contributed by atoms with Crippen LogP contribution in [0.2, 0.25) is 0 Å². The zero-order valence-electron chi connectivity index (χ0n) is 8.32. The third-order valence-corrected chi connectivity index (χ3v) is 1.92. The first-order valence-electron chi connectivity index (χ1n) is 4.43. The number of nitrogens with zero attached hydrogens (tertiary/aromatic N) is 1. The maximum Gasteiger partial charge on any atom is 0.185 e. The highest BCUT2D eigenvalue weighted by Crippen LogP contribution is 2.24. The van der Waals surface area contributed by atoms with Gasteiger partial charge in [0.25, 0.3) is 0 Å². The Bertz CT molecular complexity index is 413. The van der Waals surface area contributed by atoms with Gasteiger partial charge in [0.2, 0.25) is 0 Å². The van der Waals surface area contributed by atoms with Crippen LogP contribution in [0.5, 0.6) is 0 Å². The summed E-state index contributed by atoms with van der Waals surface area (Å²) in [5.41, 5.74) is -0.889. The zero-order valence-corrected chi connectivity index (χ0v) is 8.32. The van der Waals surface area contributed by atoms with Gasteiger partial charge in [-0.15, -0.1) is 0 Å². The van der Waals surface area contributed by atoms with Crippen molar-refractivity contribution in [3.05, 3.63) is 29.3 Å². The van der Waals surface area contributed by atoms with Gasteiger partial charge in [0.1, 0.15) is 5.69 Å². The molecule has 1 aromatic rings. The van der Waals surface area contributed by atoms with Crippen molar-refractivity contribution in [1.29, 1.82) is 5.26 Å². The molecule has 0 amide bonds. The third kappa shape index (κ3) is 2.42. The van der Waals surface area contributed by atoms with E-state index in [1.165, 1.54) is 6.92 Å². The number of nitriles is 1. The Kier molecular flexibility index (Phi) is 3.72. The van der Waals surface area contributed by atoms with Crippen molar-refractivity contribution in [3.63, 3.8) is 0 Å². The van der Waals surface area contributed by atoms with Gasteiger partial charge in [-0.1, -0.05) is 0 Å². The van der Waals surface area contributed by atoms with E-state index in [9.17, 15) is 17.6 Å². The van der Waals surface area contributed by atoms with E-state index in [0.29, 0.717) is 0 Å². The van der Waals surface area contributed by atoms with Crippen LogP contribution in [0.3, 0.4) is 0 Å². The number of rotatable bonds is 3. The molecule has 6 heteroatoms. The highest BCUT2D eigenvalue weighted by atomic mass is 19.2. The van der Waals surface area contributed by atoms with Gasteiger partial charge in [-0.3, -0.25) is 0 Å². The molecule has 1 unspecified atom stereocenters. The Balaban J connectivity index is 3.00. The van der Waals surface area contributed by atoms with E-state index >= 15 is 0 Å². The van der Waals surface area contributed by atoms with Gasteiger partial charge in [0.15, 0.2) is 23.3 Å². The molecule has 0 aliphatic rings. The summed E-state index contributed by atoms with van der Waals surface area (Å²) in [7, 11) is 0. The fourth-order valence-electron chi connectivity index (χ4n) is 1.03. The van der Waals surface area contributed by atoms with Crippen LogP contribution < -0.4 is 5.32 Å². The summed E-state index contributed by atoms with van der Waals surface area (Å²) in [6, 6.07) is 1.94. The molecule has 1 aromatic carbocycles. The highest BCUT2D eigenvalue weighted by molar-refractivity contribution is 5.47. The Labute approximate surface area is 89.5 Å². The molecule has 1 rings (SSSR count). The smallest absolute Gasteiger partial charge is 0.185 e. The van der Waals surface area contributed by atoms with Gasteiger partial charge < -0.3 is 5.32 Å². The van der Waals surface area contributed by atoms with Gasteiger partial charge in [0.05, 0.1) is 12.0 Å². The van der Waals surface area contributed by atoms with Crippen LogP contribution in [0, 0.1) is 40.5 Å². The third-order valence-electron chi connectivity index (χ3n) is 1.92. The van der Waals surface area contributed by atoms with E-state index in [1.54, 1.807) is 0 Å². The lowest BCUT2D eigenvalue weighted by Gasteiger charge is -2.10.